The first-order valence-corrected chi connectivity index (χ1v) is 7.64. The van der Waals surface area contributed by atoms with Gasteiger partial charge in [-0.3, -0.25) is 0 Å². The highest BCUT2D eigenvalue weighted by Gasteiger charge is 2.25. The van der Waals surface area contributed by atoms with E-state index in [1.807, 2.05) is 13.8 Å². The number of aromatic nitrogens is 2. The van der Waals surface area contributed by atoms with Gasteiger partial charge in [0.2, 0.25) is 0 Å². The fraction of sp³-hybridized carbons (Fsp3) is 0.538. The van der Waals surface area contributed by atoms with E-state index in [0.29, 0.717) is 0 Å². The summed E-state index contributed by atoms with van der Waals surface area (Å²) in [5, 5.41) is 4.17. The van der Waals surface area contributed by atoms with Crippen LogP contribution in [0.5, 0.6) is 0 Å². The van der Waals surface area contributed by atoms with E-state index < -0.39 is 0 Å². The molecule has 2 rings (SSSR count). The Morgan fingerprint density at radius 1 is 1.22 bits per heavy atom. The second-order valence-electron chi connectivity index (χ2n) is 5.56. The molecule has 0 aliphatic carbocycles. The summed E-state index contributed by atoms with van der Waals surface area (Å²) >= 11 is 3.33. The molecule has 98 valence electrons. The Labute approximate surface area is 116 Å². The fourth-order valence-electron chi connectivity index (χ4n) is 1.67. The van der Waals surface area contributed by atoms with E-state index in [1.54, 1.807) is 22.7 Å². The third-order valence-electron chi connectivity index (χ3n) is 2.86. The van der Waals surface area contributed by atoms with Gasteiger partial charge in [0.05, 0.1) is 27.3 Å². The highest BCUT2D eigenvalue weighted by molar-refractivity contribution is 7.16. The predicted molar refractivity (Wildman–Crippen MR) is 79.1 cm³/mol. The largest absolute Gasteiger partial charge is 0.322 e. The Bertz CT molecular complexity index is 549. The van der Waals surface area contributed by atoms with Crippen LogP contribution in [-0.4, -0.2) is 9.97 Å². The number of nitrogens with zero attached hydrogens (tertiary/aromatic N) is 2. The van der Waals surface area contributed by atoms with Gasteiger partial charge in [0.1, 0.15) is 5.01 Å². The summed E-state index contributed by atoms with van der Waals surface area (Å²) in [5.74, 6) is 0. The van der Waals surface area contributed by atoms with E-state index in [-0.39, 0.29) is 11.5 Å². The zero-order valence-corrected chi connectivity index (χ0v) is 13.1. The molecule has 1 atom stereocenters. The van der Waals surface area contributed by atoms with Gasteiger partial charge in [0.25, 0.3) is 0 Å². The standard InChI is InChI=1S/C13H19N3S2/c1-7-10(18-8(2)15-7)9-6-17-12(16-9)11(14)13(3,4)5/h6,11H,14H2,1-5H3. The van der Waals surface area contributed by atoms with Crippen LogP contribution < -0.4 is 5.73 Å². The van der Waals surface area contributed by atoms with Crippen molar-refractivity contribution in [3.05, 3.63) is 21.1 Å². The molecule has 0 amide bonds. The van der Waals surface area contributed by atoms with Gasteiger partial charge in [-0.1, -0.05) is 20.8 Å². The van der Waals surface area contributed by atoms with E-state index in [2.05, 4.69) is 36.1 Å². The van der Waals surface area contributed by atoms with Crippen molar-refractivity contribution in [3.8, 4) is 10.6 Å². The Morgan fingerprint density at radius 3 is 2.39 bits per heavy atom. The maximum atomic E-state index is 6.24. The Morgan fingerprint density at radius 2 is 1.89 bits per heavy atom. The third kappa shape index (κ3) is 2.63. The maximum absolute atomic E-state index is 6.24. The van der Waals surface area contributed by atoms with Gasteiger partial charge in [-0.05, 0) is 19.3 Å². The minimum Gasteiger partial charge on any atom is -0.322 e. The quantitative estimate of drug-likeness (QED) is 0.907. The number of rotatable bonds is 2. The van der Waals surface area contributed by atoms with E-state index in [1.165, 1.54) is 0 Å². The molecule has 5 heteroatoms. The molecule has 0 saturated carbocycles. The average molecular weight is 281 g/mol. The van der Waals surface area contributed by atoms with Crippen molar-refractivity contribution in [1.29, 1.82) is 0 Å². The molecule has 0 saturated heterocycles. The van der Waals surface area contributed by atoms with Crippen molar-refractivity contribution in [2.75, 3.05) is 0 Å². The molecule has 2 N–H and O–H groups in total. The smallest absolute Gasteiger partial charge is 0.111 e. The van der Waals surface area contributed by atoms with Crippen molar-refractivity contribution in [2.24, 2.45) is 11.1 Å². The summed E-state index contributed by atoms with van der Waals surface area (Å²) < 4.78 is 0. The number of thiazole rings is 2. The number of hydrogen-bond acceptors (Lipinski definition) is 5. The normalized spacial score (nSPS) is 13.9. The van der Waals surface area contributed by atoms with E-state index in [4.69, 9.17) is 5.73 Å². The molecular formula is C13H19N3S2. The van der Waals surface area contributed by atoms with Crippen LogP contribution in [0.2, 0.25) is 0 Å². The van der Waals surface area contributed by atoms with E-state index in [0.717, 1.165) is 26.3 Å². The van der Waals surface area contributed by atoms with Gasteiger partial charge in [0, 0.05) is 5.38 Å². The minimum absolute atomic E-state index is 0.0226. The zero-order valence-electron chi connectivity index (χ0n) is 11.4. The molecule has 18 heavy (non-hydrogen) atoms. The molecular weight excluding hydrogens is 262 g/mol. The van der Waals surface area contributed by atoms with Gasteiger partial charge < -0.3 is 5.73 Å². The van der Waals surface area contributed by atoms with E-state index in [9.17, 15) is 0 Å². The summed E-state index contributed by atoms with van der Waals surface area (Å²) in [6.45, 7) is 10.5. The lowest BCUT2D eigenvalue weighted by atomic mass is 9.88. The van der Waals surface area contributed by atoms with Crippen LogP contribution in [0.25, 0.3) is 10.6 Å². The third-order valence-corrected chi connectivity index (χ3v) is 4.88. The second-order valence-corrected chi connectivity index (χ2v) is 7.65. The van der Waals surface area contributed by atoms with Crippen LogP contribution in [0.4, 0.5) is 0 Å². The summed E-state index contributed by atoms with van der Waals surface area (Å²) in [6.07, 6.45) is 0. The monoisotopic (exact) mass is 281 g/mol. The van der Waals surface area contributed by atoms with Crippen LogP contribution in [-0.2, 0) is 0 Å². The molecule has 2 heterocycles. The molecule has 0 aromatic carbocycles. The molecule has 1 unspecified atom stereocenters. The molecule has 2 aromatic heterocycles. The minimum atomic E-state index is -0.0226. The number of aryl methyl sites for hydroxylation is 2. The predicted octanol–water partition coefficient (Wildman–Crippen LogP) is 3.93. The molecule has 0 aliphatic rings. The van der Waals surface area contributed by atoms with Crippen molar-refractivity contribution in [2.45, 2.75) is 40.7 Å². The maximum Gasteiger partial charge on any atom is 0.111 e. The molecule has 0 fully saturated rings. The van der Waals surface area contributed by atoms with Gasteiger partial charge in [-0.25, -0.2) is 9.97 Å². The molecule has 2 aromatic rings. The summed E-state index contributed by atoms with van der Waals surface area (Å²) in [4.78, 5) is 10.3. The Kier molecular flexibility index (Phi) is 3.58. The lowest BCUT2D eigenvalue weighted by molar-refractivity contribution is 0.326. The Balaban J connectivity index is 2.34. The number of hydrogen-bond donors (Lipinski definition) is 1. The topological polar surface area (TPSA) is 51.8 Å². The van der Waals surface area contributed by atoms with Crippen molar-refractivity contribution in [1.82, 2.24) is 9.97 Å². The van der Waals surface area contributed by atoms with Gasteiger partial charge >= 0.3 is 0 Å². The first-order valence-electron chi connectivity index (χ1n) is 5.94. The highest BCUT2D eigenvalue weighted by Crippen LogP contribution is 2.36. The average Bonchev–Trinajstić information content (AvgIpc) is 2.82. The second kappa shape index (κ2) is 4.72. The first kappa shape index (κ1) is 13.6. The van der Waals surface area contributed by atoms with Gasteiger partial charge in [0.15, 0.2) is 0 Å². The van der Waals surface area contributed by atoms with Crippen LogP contribution >= 0.6 is 22.7 Å². The molecule has 0 radical (unpaired) electrons. The van der Waals surface area contributed by atoms with Crippen LogP contribution in [0.15, 0.2) is 5.38 Å². The van der Waals surface area contributed by atoms with Crippen molar-refractivity contribution < 1.29 is 0 Å². The Hall–Kier alpha value is -0.780. The number of nitrogens with two attached hydrogens (primary N) is 1. The van der Waals surface area contributed by atoms with Crippen LogP contribution in [0, 0.1) is 19.3 Å². The van der Waals surface area contributed by atoms with Gasteiger partial charge in [-0.2, -0.15) is 0 Å². The summed E-state index contributed by atoms with van der Waals surface area (Å²) in [7, 11) is 0. The fourth-order valence-corrected chi connectivity index (χ4v) is 3.68. The SMILES string of the molecule is Cc1nc(C)c(-c2csc(C(N)C(C)(C)C)n2)s1. The molecule has 3 nitrogen and oxygen atoms in total. The van der Waals surface area contributed by atoms with Crippen LogP contribution in [0.1, 0.15) is 42.5 Å². The molecule has 0 spiro atoms. The lowest BCUT2D eigenvalue weighted by Crippen LogP contribution is -2.26. The van der Waals surface area contributed by atoms with Gasteiger partial charge in [-0.15, -0.1) is 22.7 Å². The van der Waals surface area contributed by atoms with Crippen molar-refractivity contribution >= 4 is 22.7 Å². The first-order chi connectivity index (χ1) is 8.29. The molecule has 0 aliphatic heterocycles. The van der Waals surface area contributed by atoms with Crippen molar-refractivity contribution in [3.63, 3.8) is 0 Å². The highest BCUT2D eigenvalue weighted by atomic mass is 32.1. The molecule has 0 bridgehead atoms. The lowest BCUT2D eigenvalue weighted by Gasteiger charge is -2.24. The zero-order chi connectivity index (χ0) is 13.5. The summed E-state index contributed by atoms with van der Waals surface area (Å²) in [5.41, 5.74) is 8.34. The van der Waals surface area contributed by atoms with Crippen LogP contribution in [0.3, 0.4) is 0 Å². The van der Waals surface area contributed by atoms with E-state index >= 15 is 0 Å². The summed E-state index contributed by atoms with van der Waals surface area (Å²) in [6, 6.07) is -0.0226.